The van der Waals surface area contributed by atoms with E-state index in [1.54, 1.807) is 0 Å². The first-order chi connectivity index (χ1) is 11.7. The molecule has 126 valence electrons. The normalized spacial score (nSPS) is 19.9. The minimum absolute atomic E-state index is 0.0757. The Morgan fingerprint density at radius 3 is 2.62 bits per heavy atom. The molecule has 2 aromatic carbocycles. The van der Waals surface area contributed by atoms with E-state index >= 15 is 0 Å². The highest BCUT2D eigenvalue weighted by Crippen LogP contribution is 2.26. The molecule has 0 unspecified atom stereocenters. The molecule has 1 saturated carbocycles. The molecule has 0 bridgehead atoms. The van der Waals surface area contributed by atoms with E-state index in [4.69, 9.17) is 10.5 Å². The fraction of sp³-hybridized carbons (Fsp3) is 0.350. The first kappa shape index (κ1) is 16.5. The van der Waals surface area contributed by atoms with Gasteiger partial charge in [0.2, 0.25) is 5.91 Å². The largest absolute Gasteiger partial charge is 0.457 e. The van der Waals surface area contributed by atoms with Gasteiger partial charge in [-0.1, -0.05) is 36.8 Å². The standard InChI is InChI=1S/C20H24N2O2/c21-19-11-5-7-16(19)13-20(23)22-14-15-6-4-10-18(12-15)24-17-8-2-1-3-9-17/h1-4,6,8-10,12,16,19H,5,7,11,13-14,21H2,(H,22,23)/t16-,19+/m0/s1. The first-order valence-corrected chi connectivity index (χ1v) is 8.55. The van der Waals surface area contributed by atoms with E-state index in [9.17, 15) is 4.79 Å². The summed E-state index contributed by atoms with van der Waals surface area (Å²) in [5, 5.41) is 2.99. The summed E-state index contributed by atoms with van der Waals surface area (Å²) < 4.78 is 5.82. The molecule has 3 rings (SSSR count). The molecule has 2 atom stereocenters. The van der Waals surface area contributed by atoms with Crippen molar-refractivity contribution in [2.45, 2.75) is 38.3 Å². The lowest BCUT2D eigenvalue weighted by atomic mass is 10.00. The Hall–Kier alpha value is -2.33. The molecule has 1 aliphatic carbocycles. The van der Waals surface area contributed by atoms with Gasteiger partial charge in [0, 0.05) is 19.0 Å². The summed E-state index contributed by atoms with van der Waals surface area (Å²) in [5.74, 6) is 1.98. The lowest BCUT2D eigenvalue weighted by Crippen LogP contribution is -2.31. The Bertz CT molecular complexity index is 672. The van der Waals surface area contributed by atoms with E-state index in [0.29, 0.717) is 18.9 Å². The van der Waals surface area contributed by atoms with E-state index in [-0.39, 0.29) is 11.9 Å². The fourth-order valence-electron chi connectivity index (χ4n) is 3.17. The van der Waals surface area contributed by atoms with Gasteiger partial charge in [0.25, 0.3) is 0 Å². The van der Waals surface area contributed by atoms with Crippen molar-refractivity contribution in [3.05, 3.63) is 60.2 Å². The molecular formula is C20H24N2O2. The maximum absolute atomic E-state index is 12.1. The highest BCUT2D eigenvalue weighted by Gasteiger charge is 2.25. The van der Waals surface area contributed by atoms with Crippen LogP contribution in [0, 0.1) is 5.92 Å². The van der Waals surface area contributed by atoms with Crippen LogP contribution < -0.4 is 15.8 Å². The van der Waals surface area contributed by atoms with Crippen LogP contribution in [-0.2, 0) is 11.3 Å². The number of hydrogen-bond acceptors (Lipinski definition) is 3. The maximum Gasteiger partial charge on any atom is 0.220 e. The van der Waals surface area contributed by atoms with Crippen LogP contribution in [0.1, 0.15) is 31.2 Å². The summed E-state index contributed by atoms with van der Waals surface area (Å²) in [6, 6.07) is 17.6. The number of amides is 1. The number of para-hydroxylation sites is 1. The monoisotopic (exact) mass is 324 g/mol. The smallest absolute Gasteiger partial charge is 0.220 e. The average molecular weight is 324 g/mol. The number of carbonyl (C=O) groups is 1. The number of nitrogens with one attached hydrogen (secondary N) is 1. The van der Waals surface area contributed by atoms with Crippen LogP contribution in [0.2, 0.25) is 0 Å². The SMILES string of the molecule is N[C@@H]1CCC[C@H]1CC(=O)NCc1cccc(Oc2ccccc2)c1. The number of nitrogens with two attached hydrogens (primary N) is 1. The zero-order valence-electron chi connectivity index (χ0n) is 13.8. The Morgan fingerprint density at radius 2 is 1.88 bits per heavy atom. The van der Waals surface area contributed by atoms with Crippen molar-refractivity contribution >= 4 is 5.91 Å². The molecule has 1 amide bonds. The molecule has 24 heavy (non-hydrogen) atoms. The van der Waals surface area contributed by atoms with Gasteiger partial charge in [0.15, 0.2) is 0 Å². The van der Waals surface area contributed by atoms with Gasteiger partial charge in [0.05, 0.1) is 0 Å². The third-order valence-corrected chi connectivity index (χ3v) is 4.53. The Labute approximate surface area is 143 Å². The highest BCUT2D eigenvalue weighted by atomic mass is 16.5. The van der Waals surface area contributed by atoms with Crippen LogP contribution in [0.3, 0.4) is 0 Å². The minimum Gasteiger partial charge on any atom is -0.457 e. The van der Waals surface area contributed by atoms with Crippen LogP contribution in [0.25, 0.3) is 0 Å². The van der Waals surface area contributed by atoms with E-state index in [0.717, 1.165) is 36.3 Å². The fourth-order valence-corrected chi connectivity index (χ4v) is 3.17. The zero-order valence-corrected chi connectivity index (χ0v) is 13.8. The van der Waals surface area contributed by atoms with Gasteiger partial charge >= 0.3 is 0 Å². The zero-order chi connectivity index (χ0) is 16.8. The number of ether oxygens (including phenoxy) is 1. The minimum atomic E-state index is 0.0757. The molecule has 1 aliphatic rings. The number of benzene rings is 2. The molecule has 1 fully saturated rings. The van der Waals surface area contributed by atoms with Gasteiger partial charge in [0.1, 0.15) is 11.5 Å². The second kappa shape index (κ2) is 7.97. The van der Waals surface area contributed by atoms with Gasteiger partial charge in [-0.05, 0) is 48.6 Å². The summed E-state index contributed by atoms with van der Waals surface area (Å²) in [7, 11) is 0. The van der Waals surface area contributed by atoms with Crippen molar-refractivity contribution in [2.24, 2.45) is 11.7 Å². The van der Waals surface area contributed by atoms with Crippen molar-refractivity contribution in [2.75, 3.05) is 0 Å². The van der Waals surface area contributed by atoms with Crippen molar-refractivity contribution in [3.8, 4) is 11.5 Å². The molecule has 0 aromatic heterocycles. The molecule has 3 N–H and O–H groups in total. The third kappa shape index (κ3) is 4.59. The van der Waals surface area contributed by atoms with Gasteiger partial charge in [-0.25, -0.2) is 0 Å². The number of hydrogen-bond donors (Lipinski definition) is 2. The molecule has 0 saturated heterocycles. The van der Waals surface area contributed by atoms with Gasteiger partial charge < -0.3 is 15.8 Å². The number of carbonyl (C=O) groups excluding carboxylic acids is 1. The molecule has 2 aromatic rings. The molecule has 0 radical (unpaired) electrons. The highest BCUT2D eigenvalue weighted by molar-refractivity contribution is 5.76. The van der Waals surface area contributed by atoms with Crippen LogP contribution >= 0.6 is 0 Å². The molecular weight excluding hydrogens is 300 g/mol. The predicted molar refractivity (Wildman–Crippen MR) is 94.7 cm³/mol. The first-order valence-electron chi connectivity index (χ1n) is 8.55. The second-order valence-electron chi connectivity index (χ2n) is 6.40. The lowest BCUT2D eigenvalue weighted by molar-refractivity contribution is -0.122. The van der Waals surface area contributed by atoms with Crippen LogP contribution in [0.15, 0.2) is 54.6 Å². The predicted octanol–water partition coefficient (Wildman–Crippen LogP) is 3.61. The number of rotatable bonds is 6. The van der Waals surface area contributed by atoms with E-state index in [2.05, 4.69) is 5.32 Å². The van der Waals surface area contributed by atoms with E-state index in [1.165, 1.54) is 0 Å². The third-order valence-electron chi connectivity index (χ3n) is 4.53. The second-order valence-corrected chi connectivity index (χ2v) is 6.40. The topological polar surface area (TPSA) is 64.4 Å². The summed E-state index contributed by atoms with van der Waals surface area (Å²) in [6.45, 7) is 0.507. The van der Waals surface area contributed by atoms with Gasteiger partial charge in [-0.15, -0.1) is 0 Å². The Kier molecular flexibility index (Phi) is 5.49. The van der Waals surface area contributed by atoms with Gasteiger partial charge in [-0.3, -0.25) is 4.79 Å². The van der Waals surface area contributed by atoms with Crippen LogP contribution in [-0.4, -0.2) is 11.9 Å². The lowest BCUT2D eigenvalue weighted by Gasteiger charge is -2.15. The van der Waals surface area contributed by atoms with Crippen molar-refractivity contribution in [1.29, 1.82) is 0 Å². The molecule has 0 aliphatic heterocycles. The summed E-state index contributed by atoms with van der Waals surface area (Å²) in [4.78, 5) is 12.1. The molecule has 0 spiro atoms. The molecule has 4 nitrogen and oxygen atoms in total. The Morgan fingerprint density at radius 1 is 1.08 bits per heavy atom. The maximum atomic E-state index is 12.1. The van der Waals surface area contributed by atoms with Crippen LogP contribution in [0.5, 0.6) is 11.5 Å². The quantitative estimate of drug-likeness (QED) is 0.853. The van der Waals surface area contributed by atoms with E-state index in [1.807, 2.05) is 54.6 Å². The Balaban J connectivity index is 1.52. The van der Waals surface area contributed by atoms with Crippen molar-refractivity contribution in [3.63, 3.8) is 0 Å². The van der Waals surface area contributed by atoms with Gasteiger partial charge in [-0.2, -0.15) is 0 Å². The van der Waals surface area contributed by atoms with Crippen LogP contribution in [0.4, 0.5) is 0 Å². The van der Waals surface area contributed by atoms with E-state index < -0.39 is 0 Å². The summed E-state index contributed by atoms with van der Waals surface area (Å²) in [6.07, 6.45) is 3.77. The molecule has 0 heterocycles. The summed E-state index contributed by atoms with van der Waals surface area (Å²) in [5.41, 5.74) is 7.05. The van der Waals surface area contributed by atoms with Crippen molar-refractivity contribution in [1.82, 2.24) is 5.32 Å². The summed E-state index contributed by atoms with van der Waals surface area (Å²) >= 11 is 0. The van der Waals surface area contributed by atoms with Crippen molar-refractivity contribution < 1.29 is 9.53 Å². The molecule has 4 heteroatoms. The average Bonchev–Trinajstić information content (AvgIpc) is 2.99.